The van der Waals surface area contributed by atoms with Crippen LogP contribution in [0.2, 0.25) is 0 Å². The van der Waals surface area contributed by atoms with Crippen LogP contribution in [0.5, 0.6) is 0 Å². The smallest absolute Gasteiger partial charge is 0.0933 e. The Morgan fingerprint density at radius 2 is 2.18 bits per heavy atom. The molecule has 4 heteroatoms. The number of hydrogen-bond donors (Lipinski definition) is 2. The van der Waals surface area contributed by atoms with Crippen LogP contribution in [0, 0.1) is 5.92 Å². The predicted molar refractivity (Wildman–Crippen MR) is 66.0 cm³/mol. The lowest BCUT2D eigenvalue weighted by atomic mass is 10.0. The summed E-state index contributed by atoms with van der Waals surface area (Å²) in [6.45, 7) is 3.60. The molecule has 0 aromatic heterocycles. The summed E-state index contributed by atoms with van der Waals surface area (Å²) in [7, 11) is 0. The summed E-state index contributed by atoms with van der Waals surface area (Å²) in [5.74, 6) is 0.723. The molecule has 2 aliphatic rings. The summed E-state index contributed by atoms with van der Waals surface area (Å²) in [4.78, 5) is 0. The van der Waals surface area contributed by atoms with E-state index in [-0.39, 0.29) is 12.2 Å². The molecule has 2 unspecified atom stereocenters. The maximum Gasteiger partial charge on any atom is 0.0933 e. The molecule has 0 amide bonds. The fourth-order valence-corrected chi connectivity index (χ4v) is 2.76. The van der Waals surface area contributed by atoms with Gasteiger partial charge in [0.25, 0.3) is 0 Å². The summed E-state index contributed by atoms with van der Waals surface area (Å²) >= 11 is 0. The Balaban J connectivity index is 1.51. The third-order valence-electron chi connectivity index (χ3n) is 3.70. The first kappa shape index (κ1) is 13.3. The van der Waals surface area contributed by atoms with E-state index >= 15 is 0 Å². The lowest BCUT2D eigenvalue weighted by Gasteiger charge is -2.24. The van der Waals surface area contributed by atoms with E-state index in [1.54, 1.807) is 0 Å². The highest BCUT2D eigenvalue weighted by Gasteiger charge is 2.19. The normalized spacial score (nSPS) is 28.4. The Morgan fingerprint density at radius 1 is 1.35 bits per heavy atom. The van der Waals surface area contributed by atoms with Crippen molar-refractivity contribution in [1.82, 2.24) is 5.32 Å². The Hall–Kier alpha value is -0.160. The van der Waals surface area contributed by atoms with Crippen LogP contribution in [0.15, 0.2) is 0 Å². The molecule has 2 N–H and O–H groups in total. The van der Waals surface area contributed by atoms with E-state index in [4.69, 9.17) is 9.47 Å². The first-order valence-electron chi connectivity index (χ1n) is 6.92. The van der Waals surface area contributed by atoms with Crippen molar-refractivity contribution in [2.75, 3.05) is 32.9 Å². The van der Waals surface area contributed by atoms with Gasteiger partial charge >= 0.3 is 0 Å². The van der Waals surface area contributed by atoms with Crippen LogP contribution in [-0.4, -0.2) is 50.2 Å². The van der Waals surface area contributed by atoms with Gasteiger partial charge in [-0.15, -0.1) is 0 Å². The molecule has 2 fully saturated rings. The molecule has 1 heterocycles. The summed E-state index contributed by atoms with van der Waals surface area (Å²) < 4.78 is 11.1. The SMILES string of the molecule is OC(COCC1CNCCO1)CC1CCCC1. The number of aliphatic hydroxyl groups is 1. The van der Waals surface area contributed by atoms with Crippen molar-refractivity contribution < 1.29 is 14.6 Å². The van der Waals surface area contributed by atoms with Crippen molar-refractivity contribution in [3.8, 4) is 0 Å². The van der Waals surface area contributed by atoms with E-state index in [0.29, 0.717) is 13.2 Å². The molecule has 0 spiro atoms. The minimum atomic E-state index is -0.297. The van der Waals surface area contributed by atoms with Crippen LogP contribution < -0.4 is 5.32 Å². The molecule has 0 aromatic carbocycles. The molecule has 1 aliphatic heterocycles. The highest BCUT2D eigenvalue weighted by atomic mass is 16.5. The lowest BCUT2D eigenvalue weighted by molar-refractivity contribution is -0.0524. The van der Waals surface area contributed by atoms with Gasteiger partial charge in [-0.3, -0.25) is 0 Å². The molecule has 17 heavy (non-hydrogen) atoms. The average molecular weight is 243 g/mol. The number of aliphatic hydroxyl groups excluding tert-OH is 1. The summed E-state index contributed by atoms with van der Waals surface area (Å²) in [5.41, 5.74) is 0. The highest BCUT2D eigenvalue weighted by molar-refractivity contribution is 4.71. The molecule has 2 rings (SSSR count). The zero-order chi connectivity index (χ0) is 11.9. The first-order chi connectivity index (χ1) is 8.34. The first-order valence-corrected chi connectivity index (χ1v) is 6.92. The van der Waals surface area contributed by atoms with Crippen molar-refractivity contribution in [2.45, 2.75) is 44.3 Å². The quantitative estimate of drug-likeness (QED) is 0.729. The number of morpholine rings is 1. The van der Waals surface area contributed by atoms with Crippen LogP contribution in [0.4, 0.5) is 0 Å². The van der Waals surface area contributed by atoms with E-state index in [0.717, 1.165) is 32.0 Å². The minimum Gasteiger partial charge on any atom is -0.391 e. The topological polar surface area (TPSA) is 50.7 Å². The zero-order valence-electron chi connectivity index (χ0n) is 10.6. The zero-order valence-corrected chi connectivity index (χ0v) is 10.6. The van der Waals surface area contributed by atoms with Crippen molar-refractivity contribution in [2.24, 2.45) is 5.92 Å². The molecule has 1 saturated carbocycles. The molecular weight excluding hydrogens is 218 g/mol. The van der Waals surface area contributed by atoms with E-state index in [1.807, 2.05) is 0 Å². The Morgan fingerprint density at radius 3 is 2.88 bits per heavy atom. The van der Waals surface area contributed by atoms with Crippen LogP contribution in [0.1, 0.15) is 32.1 Å². The molecule has 0 radical (unpaired) electrons. The van der Waals surface area contributed by atoms with Crippen LogP contribution in [0.25, 0.3) is 0 Å². The standard InChI is InChI=1S/C13H25NO3/c15-12(7-11-3-1-2-4-11)9-16-10-13-8-14-5-6-17-13/h11-15H,1-10H2. The van der Waals surface area contributed by atoms with Crippen molar-refractivity contribution in [3.63, 3.8) is 0 Å². The number of rotatable bonds is 6. The van der Waals surface area contributed by atoms with E-state index in [2.05, 4.69) is 5.32 Å². The summed E-state index contributed by atoms with van der Waals surface area (Å²) in [5, 5.41) is 13.1. The Bertz CT molecular complexity index is 201. The molecule has 1 saturated heterocycles. The molecule has 100 valence electrons. The maximum atomic E-state index is 9.86. The highest BCUT2D eigenvalue weighted by Crippen LogP contribution is 2.28. The van der Waals surface area contributed by atoms with E-state index in [9.17, 15) is 5.11 Å². The van der Waals surface area contributed by atoms with Gasteiger partial charge < -0.3 is 19.9 Å². The Kier molecular flexibility index (Phi) is 5.71. The van der Waals surface area contributed by atoms with Gasteiger partial charge in [-0.25, -0.2) is 0 Å². The van der Waals surface area contributed by atoms with Gasteiger partial charge in [0.15, 0.2) is 0 Å². The van der Waals surface area contributed by atoms with Crippen molar-refractivity contribution in [3.05, 3.63) is 0 Å². The van der Waals surface area contributed by atoms with Gasteiger partial charge in [-0.05, 0) is 12.3 Å². The van der Waals surface area contributed by atoms with Gasteiger partial charge in [-0.1, -0.05) is 25.7 Å². The molecule has 1 aliphatic carbocycles. The minimum absolute atomic E-state index is 0.155. The third kappa shape index (κ3) is 4.92. The van der Waals surface area contributed by atoms with Crippen LogP contribution >= 0.6 is 0 Å². The molecule has 0 aromatic rings. The van der Waals surface area contributed by atoms with Gasteiger partial charge in [0.05, 0.1) is 32.0 Å². The molecule has 2 atom stereocenters. The second-order valence-corrected chi connectivity index (χ2v) is 5.27. The summed E-state index contributed by atoms with van der Waals surface area (Å²) in [6.07, 6.45) is 6.00. The van der Waals surface area contributed by atoms with E-state index < -0.39 is 0 Å². The van der Waals surface area contributed by atoms with Gasteiger partial charge in [0.2, 0.25) is 0 Å². The van der Waals surface area contributed by atoms with Gasteiger partial charge in [0.1, 0.15) is 0 Å². The summed E-state index contributed by atoms with van der Waals surface area (Å²) in [6, 6.07) is 0. The van der Waals surface area contributed by atoms with Gasteiger partial charge in [0, 0.05) is 13.1 Å². The van der Waals surface area contributed by atoms with Crippen molar-refractivity contribution >= 4 is 0 Å². The van der Waals surface area contributed by atoms with E-state index in [1.165, 1.54) is 25.7 Å². The predicted octanol–water partition coefficient (Wildman–Crippen LogP) is 0.933. The fraction of sp³-hybridized carbons (Fsp3) is 1.00. The number of nitrogens with one attached hydrogen (secondary N) is 1. The number of hydrogen-bond acceptors (Lipinski definition) is 4. The molecular formula is C13H25NO3. The maximum absolute atomic E-state index is 9.86. The lowest BCUT2D eigenvalue weighted by Crippen LogP contribution is -2.41. The fourth-order valence-electron chi connectivity index (χ4n) is 2.76. The second-order valence-electron chi connectivity index (χ2n) is 5.27. The largest absolute Gasteiger partial charge is 0.391 e. The average Bonchev–Trinajstić information content (AvgIpc) is 2.83. The molecule has 4 nitrogen and oxygen atoms in total. The third-order valence-corrected chi connectivity index (χ3v) is 3.70. The van der Waals surface area contributed by atoms with Crippen molar-refractivity contribution in [1.29, 1.82) is 0 Å². The van der Waals surface area contributed by atoms with Gasteiger partial charge in [-0.2, -0.15) is 0 Å². The molecule has 0 bridgehead atoms. The Labute approximate surface area is 104 Å². The monoisotopic (exact) mass is 243 g/mol. The van der Waals surface area contributed by atoms with Crippen LogP contribution in [-0.2, 0) is 9.47 Å². The van der Waals surface area contributed by atoms with Crippen LogP contribution in [0.3, 0.4) is 0 Å². The second kappa shape index (κ2) is 7.31. The number of ether oxygens (including phenoxy) is 2.